The minimum Gasteiger partial charge on any atom is -0.274 e. The number of benzene rings is 2. The first kappa shape index (κ1) is 17.5. The van der Waals surface area contributed by atoms with Crippen molar-refractivity contribution in [3.63, 3.8) is 0 Å². The monoisotopic (exact) mass is 368 g/mol. The molecule has 0 aromatic heterocycles. The van der Waals surface area contributed by atoms with Crippen molar-refractivity contribution in [3.05, 3.63) is 74.3 Å². The van der Waals surface area contributed by atoms with Crippen LogP contribution in [0.3, 0.4) is 0 Å². The smallest absolute Gasteiger partial charge is 0.269 e. The van der Waals surface area contributed by atoms with E-state index in [2.05, 4.69) is 0 Å². The van der Waals surface area contributed by atoms with E-state index >= 15 is 0 Å². The SMILES string of the molecule is O=C1c2c(F)c(F)c(F)c(F)c2C(=O)N1CCc1ccc([N+](=O)[O-])cc1. The normalized spacial score (nSPS) is 13.3. The van der Waals surface area contributed by atoms with Gasteiger partial charge < -0.3 is 0 Å². The van der Waals surface area contributed by atoms with Gasteiger partial charge in [-0.1, -0.05) is 12.1 Å². The lowest BCUT2D eigenvalue weighted by atomic mass is 10.1. The zero-order valence-electron chi connectivity index (χ0n) is 12.8. The number of imide groups is 1. The van der Waals surface area contributed by atoms with Gasteiger partial charge in [0.15, 0.2) is 23.3 Å². The van der Waals surface area contributed by atoms with Gasteiger partial charge in [0.1, 0.15) is 0 Å². The van der Waals surface area contributed by atoms with E-state index < -0.39 is 51.1 Å². The third kappa shape index (κ3) is 2.59. The molecule has 0 saturated heterocycles. The Morgan fingerprint density at radius 3 is 1.73 bits per heavy atom. The third-order valence-corrected chi connectivity index (χ3v) is 3.96. The Morgan fingerprint density at radius 2 is 1.31 bits per heavy atom. The van der Waals surface area contributed by atoms with E-state index in [9.17, 15) is 37.3 Å². The molecule has 0 bridgehead atoms. The van der Waals surface area contributed by atoms with Crippen LogP contribution in [0.2, 0.25) is 0 Å². The Balaban J connectivity index is 1.86. The zero-order valence-corrected chi connectivity index (χ0v) is 12.8. The van der Waals surface area contributed by atoms with Gasteiger partial charge in [-0.15, -0.1) is 0 Å². The number of nitro benzene ring substituents is 1. The summed E-state index contributed by atoms with van der Waals surface area (Å²) in [6.07, 6.45) is 0.0255. The van der Waals surface area contributed by atoms with E-state index in [1.807, 2.05) is 0 Å². The molecule has 0 radical (unpaired) electrons. The van der Waals surface area contributed by atoms with Crippen LogP contribution < -0.4 is 0 Å². The molecule has 0 fully saturated rings. The number of hydrogen-bond acceptors (Lipinski definition) is 4. The molecule has 1 aliphatic rings. The predicted molar refractivity (Wildman–Crippen MR) is 78.4 cm³/mol. The number of nitro groups is 1. The number of hydrogen-bond donors (Lipinski definition) is 0. The van der Waals surface area contributed by atoms with Crippen molar-refractivity contribution in [3.8, 4) is 0 Å². The van der Waals surface area contributed by atoms with Crippen LogP contribution in [-0.4, -0.2) is 28.2 Å². The van der Waals surface area contributed by atoms with Crippen LogP contribution in [0.4, 0.5) is 23.2 Å². The largest absolute Gasteiger partial charge is 0.274 e. The Bertz CT molecular complexity index is 913. The van der Waals surface area contributed by atoms with Crippen LogP contribution in [0.1, 0.15) is 26.3 Å². The lowest BCUT2D eigenvalue weighted by Gasteiger charge is -2.13. The van der Waals surface area contributed by atoms with Crippen molar-refractivity contribution < 1.29 is 32.1 Å². The van der Waals surface area contributed by atoms with E-state index in [1.54, 1.807) is 0 Å². The molecule has 6 nitrogen and oxygen atoms in total. The molecule has 0 unspecified atom stereocenters. The molecule has 0 atom stereocenters. The van der Waals surface area contributed by atoms with E-state index in [4.69, 9.17) is 0 Å². The second kappa shape index (κ2) is 6.21. The van der Waals surface area contributed by atoms with Gasteiger partial charge >= 0.3 is 0 Å². The second-order valence-electron chi connectivity index (χ2n) is 5.44. The molecule has 134 valence electrons. The molecule has 0 spiro atoms. The molecule has 0 saturated carbocycles. The molecule has 10 heteroatoms. The van der Waals surface area contributed by atoms with Gasteiger partial charge in [-0.25, -0.2) is 17.6 Å². The number of nitrogens with zero attached hydrogens (tertiary/aromatic N) is 2. The van der Waals surface area contributed by atoms with Crippen molar-refractivity contribution >= 4 is 17.5 Å². The number of carbonyl (C=O) groups is 2. The number of amides is 2. The molecule has 2 aromatic carbocycles. The van der Waals surface area contributed by atoms with Crippen molar-refractivity contribution in [2.75, 3.05) is 6.54 Å². The molecule has 2 aromatic rings. The highest BCUT2D eigenvalue weighted by Crippen LogP contribution is 2.31. The maximum absolute atomic E-state index is 13.8. The van der Waals surface area contributed by atoms with Gasteiger partial charge in [-0.05, 0) is 12.0 Å². The first-order chi connectivity index (χ1) is 12.2. The minimum absolute atomic E-state index is 0.0255. The van der Waals surface area contributed by atoms with Gasteiger partial charge in [-0.3, -0.25) is 24.6 Å². The summed E-state index contributed by atoms with van der Waals surface area (Å²) in [5.41, 5.74) is -1.94. The summed E-state index contributed by atoms with van der Waals surface area (Å²) in [4.78, 5) is 34.7. The highest BCUT2D eigenvalue weighted by molar-refractivity contribution is 6.21. The lowest BCUT2D eigenvalue weighted by Crippen LogP contribution is -2.32. The van der Waals surface area contributed by atoms with Crippen molar-refractivity contribution in [1.82, 2.24) is 4.90 Å². The Morgan fingerprint density at radius 1 is 0.846 bits per heavy atom. The molecular formula is C16H8F4N2O4. The molecular weight excluding hydrogens is 360 g/mol. The lowest BCUT2D eigenvalue weighted by molar-refractivity contribution is -0.384. The average Bonchev–Trinajstić information content (AvgIpc) is 2.87. The van der Waals surface area contributed by atoms with Crippen LogP contribution in [0.5, 0.6) is 0 Å². The number of fused-ring (bicyclic) bond motifs is 1. The third-order valence-electron chi connectivity index (χ3n) is 3.96. The maximum atomic E-state index is 13.8. The van der Waals surface area contributed by atoms with Crippen LogP contribution in [-0.2, 0) is 6.42 Å². The van der Waals surface area contributed by atoms with Crippen molar-refractivity contribution in [2.24, 2.45) is 0 Å². The number of carbonyl (C=O) groups excluding carboxylic acids is 2. The Labute approximate surface area is 142 Å². The summed E-state index contributed by atoms with van der Waals surface area (Å²) in [6, 6.07) is 5.19. The van der Waals surface area contributed by atoms with Gasteiger partial charge in [-0.2, -0.15) is 0 Å². The number of non-ortho nitro benzene ring substituents is 1. The van der Waals surface area contributed by atoms with E-state index in [0.717, 1.165) is 0 Å². The van der Waals surface area contributed by atoms with E-state index in [0.29, 0.717) is 10.5 Å². The Kier molecular flexibility index (Phi) is 4.18. The van der Waals surface area contributed by atoms with Crippen LogP contribution in [0, 0.1) is 33.4 Å². The fourth-order valence-electron chi connectivity index (χ4n) is 2.62. The van der Waals surface area contributed by atoms with E-state index in [-0.39, 0.29) is 18.7 Å². The first-order valence-electron chi connectivity index (χ1n) is 7.19. The van der Waals surface area contributed by atoms with Crippen LogP contribution >= 0.6 is 0 Å². The van der Waals surface area contributed by atoms with Gasteiger partial charge in [0.25, 0.3) is 17.5 Å². The van der Waals surface area contributed by atoms with Gasteiger partial charge in [0.2, 0.25) is 0 Å². The van der Waals surface area contributed by atoms with Gasteiger partial charge in [0.05, 0.1) is 16.1 Å². The fourth-order valence-corrected chi connectivity index (χ4v) is 2.62. The molecule has 0 N–H and O–H groups in total. The van der Waals surface area contributed by atoms with Gasteiger partial charge in [0, 0.05) is 18.7 Å². The van der Waals surface area contributed by atoms with E-state index in [1.165, 1.54) is 24.3 Å². The highest BCUT2D eigenvalue weighted by atomic mass is 19.2. The predicted octanol–water partition coefficient (Wildman–Crippen LogP) is 2.99. The molecule has 3 rings (SSSR count). The van der Waals surface area contributed by atoms with Crippen molar-refractivity contribution in [1.29, 1.82) is 0 Å². The zero-order chi connectivity index (χ0) is 19.2. The molecule has 0 aliphatic carbocycles. The summed E-state index contributed by atoms with van der Waals surface area (Å²) in [5, 5.41) is 10.6. The summed E-state index contributed by atoms with van der Waals surface area (Å²) in [5.74, 6) is -10.7. The fraction of sp³-hybridized carbons (Fsp3) is 0.125. The maximum Gasteiger partial charge on any atom is 0.269 e. The minimum atomic E-state index is -2.17. The number of rotatable bonds is 4. The van der Waals surface area contributed by atoms with Crippen LogP contribution in [0.25, 0.3) is 0 Å². The quantitative estimate of drug-likeness (QED) is 0.208. The first-order valence-corrected chi connectivity index (χ1v) is 7.19. The summed E-state index contributed by atoms with van der Waals surface area (Å²) < 4.78 is 54.2. The summed E-state index contributed by atoms with van der Waals surface area (Å²) in [7, 11) is 0. The molecule has 2 amide bonds. The topological polar surface area (TPSA) is 80.5 Å². The number of halogens is 4. The average molecular weight is 368 g/mol. The summed E-state index contributed by atoms with van der Waals surface area (Å²) in [6.45, 7) is -0.327. The molecule has 26 heavy (non-hydrogen) atoms. The van der Waals surface area contributed by atoms with Crippen LogP contribution in [0.15, 0.2) is 24.3 Å². The Hall–Kier alpha value is -3.30. The second-order valence-corrected chi connectivity index (χ2v) is 5.44. The highest BCUT2D eigenvalue weighted by Gasteiger charge is 2.43. The molecule has 1 aliphatic heterocycles. The summed E-state index contributed by atoms with van der Waals surface area (Å²) >= 11 is 0. The standard InChI is InChI=1S/C16H8F4N2O4/c17-11-9-10(12(18)14(20)13(11)19)16(24)21(15(9)23)6-5-7-1-3-8(4-2-7)22(25)26/h1-4H,5-6H2. The van der Waals surface area contributed by atoms with Crippen molar-refractivity contribution in [2.45, 2.75) is 6.42 Å². The molecule has 1 heterocycles.